The molecule has 222 valence electrons. The summed E-state index contributed by atoms with van der Waals surface area (Å²) in [6.45, 7) is 2.18. The van der Waals surface area contributed by atoms with E-state index in [0.717, 1.165) is 29.0 Å². The second-order valence-corrected chi connectivity index (χ2v) is 12.2. The number of fused-ring (bicyclic) bond motifs is 4. The molecule has 2 nitrogen and oxygen atoms in total. The number of hydrogen-bond donors (Lipinski definition) is 0. The lowest BCUT2D eigenvalue weighted by Gasteiger charge is -2.20. The van der Waals surface area contributed by atoms with Gasteiger partial charge >= 0.3 is 0 Å². The summed E-state index contributed by atoms with van der Waals surface area (Å²) in [5, 5.41) is 7.48. The molecule has 0 atom stereocenters. The Morgan fingerprint density at radius 1 is 0.447 bits per heavy atom. The molecule has 0 aliphatic carbocycles. The van der Waals surface area contributed by atoms with E-state index in [1.165, 1.54) is 65.7 Å². The molecule has 0 saturated carbocycles. The van der Waals surface area contributed by atoms with E-state index in [0.29, 0.717) is 0 Å². The van der Waals surface area contributed by atoms with Gasteiger partial charge in [-0.2, -0.15) is 0 Å². The average Bonchev–Trinajstić information content (AvgIpc) is 3.52. The largest absolute Gasteiger partial charge is 0.296 e. The molecule has 47 heavy (non-hydrogen) atoms. The molecule has 0 aliphatic rings. The highest BCUT2D eigenvalue weighted by Gasteiger charge is 2.20. The second-order valence-electron chi connectivity index (χ2n) is 12.2. The van der Waals surface area contributed by atoms with Crippen molar-refractivity contribution in [2.45, 2.75) is 13.3 Å². The first-order valence-electron chi connectivity index (χ1n) is 16.4. The molecule has 1 aromatic heterocycles. The van der Waals surface area contributed by atoms with Gasteiger partial charge < -0.3 is 0 Å². The molecule has 0 spiro atoms. The van der Waals surface area contributed by atoms with E-state index >= 15 is 0 Å². The Labute approximate surface area is 274 Å². The molecule has 2 heteroatoms. The Balaban J connectivity index is 1.34. The van der Waals surface area contributed by atoms with Gasteiger partial charge in [-0.25, -0.2) is 4.98 Å². The normalized spacial score (nSPS) is 11.6. The topological polar surface area (TPSA) is 17.8 Å². The van der Waals surface area contributed by atoms with Crippen molar-refractivity contribution in [3.05, 3.63) is 170 Å². The maximum atomic E-state index is 5.00. The Kier molecular flexibility index (Phi) is 6.46. The van der Waals surface area contributed by atoms with Crippen LogP contribution in [0.5, 0.6) is 0 Å². The zero-order valence-corrected chi connectivity index (χ0v) is 26.2. The van der Waals surface area contributed by atoms with Gasteiger partial charge in [0.2, 0.25) is 0 Å². The minimum absolute atomic E-state index is 0.854. The maximum absolute atomic E-state index is 5.00. The summed E-state index contributed by atoms with van der Waals surface area (Å²) < 4.78 is 2.35. The molecular formula is C45H32N2. The highest BCUT2D eigenvalue weighted by atomic mass is 15.1. The van der Waals surface area contributed by atoms with E-state index in [9.17, 15) is 0 Å². The van der Waals surface area contributed by atoms with Gasteiger partial charge in [0, 0.05) is 11.8 Å². The standard InChI is InChI=1S/C45H32N2/c1-2-43-46-40-25-12-13-26-42(40)47(43)41-28-27-39(33-19-6-7-20-34(33)41)45-37-23-10-8-21-35(37)44(36-22-9-11-24-38(36)45)32-18-14-17-31(29-32)30-15-4-3-5-16-30/h3-29H,2H2,1H3. The van der Waals surface area contributed by atoms with Crippen LogP contribution in [0.25, 0.3) is 82.4 Å². The summed E-state index contributed by atoms with van der Waals surface area (Å²) in [6, 6.07) is 59.4. The quantitative estimate of drug-likeness (QED) is 0.180. The Bertz CT molecular complexity index is 2550. The van der Waals surface area contributed by atoms with Crippen LogP contribution in [-0.2, 0) is 6.42 Å². The molecule has 0 radical (unpaired) electrons. The van der Waals surface area contributed by atoms with Gasteiger partial charge in [0.05, 0.1) is 16.7 Å². The van der Waals surface area contributed by atoms with Crippen molar-refractivity contribution < 1.29 is 0 Å². The van der Waals surface area contributed by atoms with E-state index in [4.69, 9.17) is 4.98 Å². The third kappa shape index (κ3) is 4.37. The van der Waals surface area contributed by atoms with Gasteiger partial charge in [-0.05, 0) is 84.6 Å². The van der Waals surface area contributed by atoms with Crippen LogP contribution in [-0.4, -0.2) is 9.55 Å². The first-order chi connectivity index (χ1) is 23.3. The zero-order chi connectivity index (χ0) is 31.3. The van der Waals surface area contributed by atoms with Crippen LogP contribution in [0, 0.1) is 0 Å². The van der Waals surface area contributed by atoms with E-state index in [1.807, 2.05) is 0 Å². The molecule has 0 saturated heterocycles. The smallest absolute Gasteiger partial charge is 0.114 e. The summed E-state index contributed by atoms with van der Waals surface area (Å²) in [5.74, 6) is 1.07. The first-order valence-corrected chi connectivity index (χ1v) is 16.4. The van der Waals surface area contributed by atoms with Crippen LogP contribution >= 0.6 is 0 Å². The predicted octanol–water partition coefficient (Wildman–Crippen LogP) is 12.0. The number of benzene rings is 8. The number of hydrogen-bond acceptors (Lipinski definition) is 1. The van der Waals surface area contributed by atoms with Gasteiger partial charge in [-0.3, -0.25) is 4.57 Å². The molecule has 0 N–H and O–H groups in total. The molecule has 1 heterocycles. The third-order valence-electron chi connectivity index (χ3n) is 9.55. The van der Waals surface area contributed by atoms with Crippen molar-refractivity contribution in [3.63, 3.8) is 0 Å². The van der Waals surface area contributed by atoms with E-state index in [-0.39, 0.29) is 0 Å². The molecule has 0 fully saturated rings. The van der Waals surface area contributed by atoms with Crippen LogP contribution in [0.2, 0.25) is 0 Å². The molecule has 0 aliphatic heterocycles. The summed E-state index contributed by atoms with van der Waals surface area (Å²) in [6.07, 6.45) is 0.854. The number of nitrogens with zero attached hydrogens (tertiary/aromatic N) is 2. The molecule has 0 bridgehead atoms. The predicted molar refractivity (Wildman–Crippen MR) is 199 cm³/mol. The monoisotopic (exact) mass is 600 g/mol. The second kappa shape index (κ2) is 11.1. The molecule has 8 aromatic carbocycles. The van der Waals surface area contributed by atoms with Crippen LogP contribution in [0.4, 0.5) is 0 Å². The fourth-order valence-electron chi connectivity index (χ4n) is 7.49. The van der Waals surface area contributed by atoms with Crippen molar-refractivity contribution in [2.75, 3.05) is 0 Å². The Morgan fingerprint density at radius 3 is 1.70 bits per heavy atom. The lowest BCUT2D eigenvalue weighted by molar-refractivity contribution is 0.913. The number of para-hydroxylation sites is 2. The van der Waals surface area contributed by atoms with Crippen molar-refractivity contribution >= 4 is 43.4 Å². The Morgan fingerprint density at radius 2 is 1.00 bits per heavy atom. The number of rotatable bonds is 5. The van der Waals surface area contributed by atoms with Gasteiger partial charge in [0.25, 0.3) is 0 Å². The molecule has 9 aromatic rings. The van der Waals surface area contributed by atoms with Crippen molar-refractivity contribution in [3.8, 4) is 39.1 Å². The summed E-state index contributed by atoms with van der Waals surface area (Å²) >= 11 is 0. The van der Waals surface area contributed by atoms with Crippen molar-refractivity contribution in [1.82, 2.24) is 9.55 Å². The highest BCUT2D eigenvalue weighted by molar-refractivity contribution is 6.24. The van der Waals surface area contributed by atoms with Crippen molar-refractivity contribution in [1.29, 1.82) is 0 Å². The van der Waals surface area contributed by atoms with Gasteiger partial charge in [0.15, 0.2) is 0 Å². The van der Waals surface area contributed by atoms with Crippen LogP contribution < -0.4 is 0 Å². The minimum Gasteiger partial charge on any atom is -0.296 e. The fourth-order valence-corrected chi connectivity index (χ4v) is 7.49. The van der Waals surface area contributed by atoms with Gasteiger partial charge in [-0.15, -0.1) is 0 Å². The first kappa shape index (κ1) is 27.3. The summed E-state index contributed by atoms with van der Waals surface area (Å²) in [7, 11) is 0. The maximum Gasteiger partial charge on any atom is 0.114 e. The molecule has 0 unspecified atom stereocenters. The minimum atomic E-state index is 0.854. The lowest BCUT2D eigenvalue weighted by Crippen LogP contribution is -2.01. The lowest BCUT2D eigenvalue weighted by atomic mass is 9.84. The number of aromatic nitrogens is 2. The fraction of sp³-hybridized carbons (Fsp3) is 0.0444. The van der Waals surface area contributed by atoms with Crippen LogP contribution in [0.15, 0.2) is 164 Å². The van der Waals surface area contributed by atoms with Crippen molar-refractivity contribution in [2.24, 2.45) is 0 Å². The Hall–Kier alpha value is -5.99. The number of imidazole rings is 1. The zero-order valence-electron chi connectivity index (χ0n) is 26.2. The summed E-state index contributed by atoms with van der Waals surface area (Å²) in [5.41, 5.74) is 10.8. The van der Waals surface area contributed by atoms with E-state index < -0.39 is 0 Å². The third-order valence-corrected chi connectivity index (χ3v) is 9.55. The van der Waals surface area contributed by atoms with Gasteiger partial charge in [-0.1, -0.05) is 146 Å². The van der Waals surface area contributed by atoms with E-state index in [2.05, 4.69) is 175 Å². The SMILES string of the molecule is CCc1nc2ccccc2n1-c1ccc(-c2c3ccccc3c(-c3cccc(-c4ccccc4)c3)c3ccccc23)c2ccccc12. The molecule has 9 rings (SSSR count). The molecule has 0 amide bonds. The highest BCUT2D eigenvalue weighted by Crippen LogP contribution is 2.46. The molecular weight excluding hydrogens is 569 g/mol. The van der Waals surface area contributed by atoms with Gasteiger partial charge in [0.1, 0.15) is 5.82 Å². The average molecular weight is 601 g/mol. The summed E-state index contributed by atoms with van der Waals surface area (Å²) in [4.78, 5) is 5.00. The van der Waals surface area contributed by atoms with Crippen LogP contribution in [0.3, 0.4) is 0 Å². The number of aryl methyl sites for hydroxylation is 1. The van der Waals surface area contributed by atoms with Crippen LogP contribution in [0.1, 0.15) is 12.7 Å². The van der Waals surface area contributed by atoms with E-state index in [1.54, 1.807) is 0 Å².